The maximum Gasteiger partial charge on any atom is 0.250 e. The highest BCUT2D eigenvalue weighted by molar-refractivity contribution is 5.99. The first-order valence-electron chi connectivity index (χ1n) is 6.63. The molecule has 0 aliphatic heterocycles. The lowest BCUT2D eigenvalue weighted by molar-refractivity contribution is 0.100. The number of benzene rings is 1. The van der Waals surface area contributed by atoms with Crippen LogP contribution in [0.3, 0.4) is 0 Å². The van der Waals surface area contributed by atoms with Crippen molar-refractivity contribution in [3.63, 3.8) is 0 Å². The lowest BCUT2D eigenvalue weighted by Crippen LogP contribution is -2.13. The summed E-state index contributed by atoms with van der Waals surface area (Å²) in [4.78, 5) is 24.0. The van der Waals surface area contributed by atoms with Gasteiger partial charge in [0.1, 0.15) is 12.1 Å². The summed E-state index contributed by atoms with van der Waals surface area (Å²) in [5.41, 5.74) is 7.95. The zero-order chi connectivity index (χ0) is 15.4. The van der Waals surface area contributed by atoms with Crippen LogP contribution in [0, 0.1) is 0 Å². The predicted molar refractivity (Wildman–Crippen MR) is 83.5 cm³/mol. The number of nitrogens with one attached hydrogen (secondary N) is 1. The van der Waals surface area contributed by atoms with Crippen molar-refractivity contribution >= 4 is 17.4 Å². The van der Waals surface area contributed by atoms with E-state index in [4.69, 9.17) is 5.73 Å². The van der Waals surface area contributed by atoms with Crippen LogP contribution in [0.15, 0.2) is 61.2 Å². The minimum Gasteiger partial charge on any atom is -0.366 e. The van der Waals surface area contributed by atoms with Crippen LogP contribution in [0.2, 0.25) is 0 Å². The molecule has 0 aliphatic rings. The van der Waals surface area contributed by atoms with Gasteiger partial charge in [-0.25, -0.2) is 15.0 Å². The van der Waals surface area contributed by atoms with Crippen LogP contribution in [0.4, 0.5) is 11.5 Å². The van der Waals surface area contributed by atoms with E-state index in [1.165, 1.54) is 6.33 Å². The van der Waals surface area contributed by atoms with Gasteiger partial charge in [-0.2, -0.15) is 0 Å². The Hall–Kier alpha value is -3.28. The summed E-state index contributed by atoms with van der Waals surface area (Å²) < 4.78 is 0. The molecule has 1 aromatic carbocycles. The molecule has 3 aromatic rings. The van der Waals surface area contributed by atoms with E-state index in [0.717, 1.165) is 11.3 Å². The number of nitrogens with zero attached hydrogens (tertiary/aromatic N) is 3. The van der Waals surface area contributed by atoms with Gasteiger partial charge in [0.2, 0.25) is 0 Å². The maximum absolute atomic E-state index is 11.5. The van der Waals surface area contributed by atoms with Crippen molar-refractivity contribution in [1.29, 1.82) is 0 Å². The summed E-state index contributed by atoms with van der Waals surface area (Å²) >= 11 is 0. The molecule has 108 valence electrons. The summed E-state index contributed by atoms with van der Waals surface area (Å²) in [5, 5.41) is 3.15. The van der Waals surface area contributed by atoms with Crippen molar-refractivity contribution in [3.8, 4) is 11.3 Å². The third kappa shape index (κ3) is 2.76. The van der Waals surface area contributed by atoms with E-state index < -0.39 is 5.91 Å². The van der Waals surface area contributed by atoms with Gasteiger partial charge in [0.25, 0.3) is 5.91 Å². The lowest BCUT2D eigenvalue weighted by Gasteiger charge is -2.12. The number of nitrogens with two attached hydrogens (primary N) is 1. The largest absolute Gasteiger partial charge is 0.366 e. The molecule has 0 fully saturated rings. The molecule has 0 aliphatic carbocycles. The fourth-order valence-electron chi connectivity index (χ4n) is 2.10. The highest BCUT2D eigenvalue weighted by atomic mass is 16.1. The summed E-state index contributed by atoms with van der Waals surface area (Å²) in [5.74, 6) is 0.0949. The number of rotatable bonds is 4. The van der Waals surface area contributed by atoms with Crippen molar-refractivity contribution < 1.29 is 4.79 Å². The molecule has 0 saturated heterocycles. The Bertz CT molecular complexity index is 804. The number of primary amides is 1. The van der Waals surface area contributed by atoms with Crippen LogP contribution < -0.4 is 11.1 Å². The lowest BCUT2D eigenvalue weighted by atomic mass is 10.1. The first kappa shape index (κ1) is 13.7. The van der Waals surface area contributed by atoms with Crippen LogP contribution in [-0.4, -0.2) is 20.9 Å². The fourth-order valence-corrected chi connectivity index (χ4v) is 2.10. The van der Waals surface area contributed by atoms with Crippen molar-refractivity contribution in [2.45, 2.75) is 0 Å². The second kappa shape index (κ2) is 6.01. The second-order valence-electron chi connectivity index (χ2n) is 4.53. The van der Waals surface area contributed by atoms with Crippen LogP contribution >= 0.6 is 0 Å². The van der Waals surface area contributed by atoms with E-state index >= 15 is 0 Å². The van der Waals surface area contributed by atoms with Gasteiger partial charge >= 0.3 is 0 Å². The van der Waals surface area contributed by atoms with Gasteiger partial charge in [0, 0.05) is 18.0 Å². The van der Waals surface area contributed by atoms with Gasteiger partial charge in [-0.3, -0.25) is 4.79 Å². The van der Waals surface area contributed by atoms with E-state index in [1.807, 2.05) is 18.2 Å². The van der Waals surface area contributed by atoms with Crippen molar-refractivity contribution in [2.24, 2.45) is 5.73 Å². The standard InChI is InChI=1S/C16H13N5O/c17-15(22)11-4-1-2-6-14(11)21-16-12(5-3-8-19-16)13-7-9-18-10-20-13/h1-10H,(H2,17,22)(H,19,21). The summed E-state index contributed by atoms with van der Waals surface area (Å²) in [6.07, 6.45) is 4.81. The Balaban J connectivity index is 2.03. The number of para-hydroxylation sites is 1. The molecule has 1 amide bonds. The second-order valence-corrected chi connectivity index (χ2v) is 4.53. The number of carbonyl (C=O) groups excluding carboxylic acids is 1. The third-order valence-electron chi connectivity index (χ3n) is 3.11. The molecule has 2 aromatic heterocycles. The third-order valence-corrected chi connectivity index (χ3v) is 3.11. The Morgan fingerprint density at radius 2 is 1.86 bits per heavy atom. The average molecular weight is 291 g/mol. The zero-order valence-electron chi connectivity index (χ0n) is 11.6. The maximum atomic E-state index is 11.5. The molecule has 0 radical (unpaired) electrons. The molecular formula is C16H13N5O. The molecule has 0 atom stereocenters. The molecule has 0 spiro atoms. The molecule has 2 heterocycles. The Morgan fingerprint density at radius 3 is 2.64 bits per heavy atom. The van der Waals surface area contributed by atoms with Gasteiger partial charge in [0.15, 0.2) is 0 Å². The van der Waals surface area contributed by atoms with Gasteiger partial charge in [0.05, 0.1) is 16.9 Å². The van der Waals surface area contributed by atoms with Crippen molar-refractivity contribution in [3.05, 3.63) is 66.7 Å². The monoisotopic (exact) mass is 291 g/mol. The van der Waals surface area contributed by atoms with Crippen LogP contribution in [0.25, 0.3) is 11.3 Å². The predicted octanol–water partition coefficient (Wildman–Crippen LogP) is 2.38. The van der Waals surface area contributed by atoms with Gasteiger partial charge < -0.3 is 11.1 Å². The number of amides is 1. The van der Waals surface area contributed by atoms with E-state index in [9.17, 15) is 4.79 Å². The van der Waals surface area contributed by atoms with Crippen LogP contribution in [-0.2, 0) is 0 Å². The summed E-state index contributed by atoms with van der Waals surface area (Å²) in [6, 6.07) is 12.5. The number of anilines is 2. The van der Waals surface area contributed by atoms with Crippen molar-refractivity contribution in [1.82, 2.24) is 15.0 Å². The normalized spacial score (nSPS) is 10.2. The van der Waals surface area contributed by atoms with Crippen molar-refractivity contribution in [2.75, 3.05) is 5.32 Å². The number of pyridine rings is 1. The van der Waals surface area contributed by atoms with E-state index in [1.54, 1.807) is 36.7 Å². The van der Waals surface area contributed by atoms with E-state index in [2.05, 4.69) is 20.3 Å². The van der Waals surface area contributed by atoms with Crippen LogP contribution in [0.5, 0.6) is 0 Å². The molecule has 0 saturated carbocycles. The number of carbonyl (C=O) groups is 1. The molecule has 3 rings (SSSR count). The Kier molecular flexibility index (Phi) is 3.74. The highest BCUT2D eigenvalue weighted by Gasteiger charge is 2.11. The van der Waals surface area contributed by atoms with Gasteiger partial charge in [-0.15, -0.1) is 0 Å². The molecule has 3 N–H and O–H groups in total. The smallest absolute Gasteiger partial charge is 0.250 e. The average Bonchev–Trinajstić information content (AvgIpc) is 2.56. The fraction of sp³-hybridized carbons (Fsp3) is 0. The molecule has 22 heavy (non-hydrogen) atoms. The van der Waals surface area contributed by atoms with E-state index in [0.29, 0.717) is 17.1 Å². The molecule has 0 bridgehead atoms. The highest BCUT2D eigenvalue weighted by Crippen LogP contribution is 2.27. The molecule has 6 nitrogen and oxygen atoms in total. The number of hydrogen-bond donors (Lipinski definition) is 2. The number of aromatic nitrogens is 3. The van der Waals surface area contributed by atoms with E-state index in [-0.39, 0.29) is 0 Å². The molecule has 6 heteroatoms. The SMILES string of the molecule is NC(=O)c1ccccc1Nc1ncccc1-c1ccncn1. The quantitative estimate of drug-likeness (QED) is 0.769. The molecule has 0 unspecified atom stereocenters. The van der Waals surface area contributed by atoms with Crippen LogP contribution in [0.1, 0.15) is 10.4 Å². The summed E-state index contributed by atoms with van der Waals surface area (Å²) in [7, 11) is 0. The Morgan fingerprint density at radius 1 is 1.00 bits per heavy atom. The molecular weight excluding hydrogens is 278 g/mol. The Labute approximate surface area is 127 Å². The van der Waals surface area contributed by atoms with Gasteiger partial charge in [-0.1, -0.05) is 12.1 Å². The minimum atomic E-state index is -0.498. The number of hydrogen-bond acceptors (Lipinski definition) is 5. The van der Waals surface area contributed by atoms with Gasteiger partial charge in [-0.05, 0) is 30.3 Å². The first-order valence-corrected chi connectivity index (χ1v) is 6.63. The zero-order valence-corrected chi connectivity index (χ0v) is 11.6. The topological polar surface area (TPSA) is 93.8 Å². The minimum absolute atomic E-state index is 0.404. The first-order chi connectivity index (χ1) is 10.8. The summed E-state index contributed by atoms with van der Waals surface area (Å²) in [6.45, 7) is 0.